The molecule has 1 fully saturated rings. The Balaban J connectivity index is 1.70. The van der Waals surface area contributed by atoms with E-state index in [9.17, 15) is 13.5 Å². The van der Waals surface area contributed by atoms with Crippen LogP contribution in [0.15, 0.2) is 35.5 Å². The molecular weight excluding hydrogens is 362 g/mol. The van der Waals surface area contributed by atoms with Crippen LogP contribution in [-0.2, 0) is 17.1 Å². The number of hydrogen-bond acceptors (Lipinski definition) is 7. The molecule has 25 heavy (non-hydrogen) atoms. The van der Waals surface area contributed by atoms with E-state index in [4.69, 9.17) is 0 Å². The Morgan fingerprint density at radius 3 is 2.84 bits per heavy atom. The van der Waals surface area contributed by atoms with E-state index in [2.05, 4.69) is 18.6 Å². The van der Waals surface area contributed by atoms with Crippen LogP contribution in [-0.4, -0.2) is 38.2 Å². The van der Waals surface area contributed by atoms with Crippen molar-refractivity contribution in [1.29, 1.82) is 0 Å². The minimum Gasteiger partial charge on any atom is -0.393 e. The molecule has 1 atom stereocenters. The van der Waals surface area contributed by atoms with Crippen LogP contribution in [0.1, 0.15) is 24.4 Å². The number of nitrogens with zero attached hydrogens (tertiary/aromatic N) is 4. The third-order valence-corrected chi connectivity index (χ3v) is 6.54. The van der Waals surface area contributed by atoms with Gasteiger partial charge in [-0.1, -0.05) is 6.07 Å². The molecule has 10 heteroatoms. The van der Waals surface area contributed by atoms with Crippen LogP contribution in [0.2, 0.25) is 0 Å². The molecule has 0 radical (unpaired) electrons. The summed E-state index contributed by atoms with van der Waals surface area (Å²) in [5, 5.41) is 13.8. The van der Waals surface area contributed by atoms with E-state index >= 15 is 0 Å². The lowest BCUT2D eigenvalue weighted by Crippen LogP contribution is -2.41. The van der Waals surface area contributed by atoms with Crippen LogP contribution in [0.4, 0.5) is 0 Å². The average molecular weight is 379 g/mol. The van der Waals surface area contributed by atoms with Gasteiger partial charge in [-0.2, -0.15) is 13.8 Å². The van der Waals surface area contributed by atoms with E-state index in [0.29, 0.717) is 23.9 Å². The molecule has 2 aromatic heterocycles. The predicted octanol–water partition coefficient (Wildman–Crippen LogP) is 1.22. The summed E-state index contributed by atoms with van der Waals surface area (Å²) in [5.74, 6) is 0.0294. The van der Waals surface area contributed by atoms with E-state index in [-0.39, 0.29) is 16.9 Å². The fourth-order valence-electron chi connectivity index (χ4n) is 3.17. The zero-order valence-corrected chi connectivity index (χ0v) is 15.0. The summed E-state index contributed by atoms with van der Waals surface area (Å²) >= 11 is 0.985. The van der Waals surface area contributed by atoms with Crippen molar-refractivity contribution in [3.63, 3.8) is 0 Å². The van der Waals surface area contributed by atoms with Gasteiger partial charge in [-0.15, -0.1) is 0 Å². The summed E-state index contributed by atoms with van der Waals surface area (Å²) in [4.78, 5) is 0.118. The number of hydrogen-bond donors (Lipinski definition) is 2. The quantitative estimate of drug-likeness (QED) is 0.690. The maximum absolute atomic E-state index is 13.0. The van der Waals surface area contributed by atoms with Gasteiger partial charge in [0.05, 0.1) is 30.1 Å². The molecule has 2 N–H and O–H groups in total. The van der Waals surface area contributed by atoms with E-state index in [1.165, 1.54) is 6.07 Å². The number of sulfonamides is 1. The highest BCUT2D eigenvalue weighted by Gasteiger charge is 2.38. The summed E-state index contributed by atoms with van der Waals surface area (Å²) in [5.41, 5.74) is 1.72. The van der Waals surface area contributed by atoms with Crippen molar-refractivity contribution in [1.82, 2.24) is 23.2 Å². The van der Waals surface area contributed by atoms with Gasteiger partial charge >= 0.3 is 0 Å². The van der Waals surface area contributed by atoms with Gasteiger partial charge < -0.3 is 5.11 Å². The maximum Gasteiger partial charge on any atom is 0.243 e. The van der Waals surface area contributed by atoms with Crippen molar-refractivity contribution in [2.45, 2.75) is 29.9 Å². The average Bonchev–Trinajstić information content (AvgIpc) is 3.18. The smallest absolute Gasteiger partial charge is 0.243 e. The number of aromatic nitrogens is 4. The summed E-state index contributed by atoms with van der Waals surface area (Å²) in [6.07, 6.45) is 4.20. The molecule has 0 saturated heterocycles. The number of rotatable bonds is 5. The molecule has 1 aromatic carbocycles. The van der Waals surface area contributed by atoms with Crippen molar-refractivity contribution >= 4 is 32.8 Å². The van der Waals surface area contributed by atoms with Crippen molar-refractivity contribution in [2.24, 2.45) is 13.0 Å². The Hall–Kier alpha value is -1.88. The third kappa shape index (κ3) is 3.06. The second kappa shape index (κ2) is 6.13. The first-order valence-electron chi connectivity index (χ1n) is 7.84. The summed E-state index contributed by atoms with van der Waals surface area (Å²) in [6.45, 7) is 0. The van der Waals surface area contributed by atoms with Gasteiger partial charge in [-0.3, -0.25) is 4.68 Å². The van der Waals surface area contributed by atoms with Crippen molar-refractivity contribution < 1.29 is 13.5 Å². The van der Waals surface area contributed by atoms with Gasteiger partial charge in [0.25, 0.3) is 0 Å². The number of benzene rings is 1. The molecule has 8 nitrogen and oxygen atoms in total. The Morgan fingerprint density at radius 1 is 1.36 bits per heavy atom. The van der Waals surface area contributed by atoms with Crippen LogP contribution in [0.3, 0.4) is 0 Å². The summed E-state index contributed by atoms with van der Waals surface area (Å²) in [7, 11) is -2.01. The molecule has 4 rings (SSSR count). The van der Waals surface area contributed by atoms with Gasteiger partial charge in [-0.25, -0.2) is 13.1 Å². The molecule has 0 bridgehead atoms. The molecule has 0 unspecified atom stereocenters. The van der Waals surface area contributed by atoms with Crippen molar-refractivity contribution in [3.05, 3.63) is 36.2 Å². The largest absolute Gasteiger partial charge is 0.393 e. The second-order valence-corrected chi connectivity index (χ2v) is 8.53. The molecule has 0 amide bonds. The third-order valence-electron chi connectivity index (χ3n) is 4.53. The normalized spacial score (nSPS) is 22.0. The first kappa shape index (κ1) is 16.6. The van der Waals surface area contributed by atoms with Crippen LogP contribution < -0.4 is 4.72 Å². The van der Waals surface area contributed by atoms with E-state index in [1.54, 1.807) is 36.3 Å². The first-order chi connectivity index (χ1) is 11.9. The zero-order chi connectivity index (χ0) is 17.6. The second-order valence-electron chi connectivity index (χ2n) is 6.32. The molecule has 1 aliphatic rings. The predicted molar refractivity (Wildman–Crippen MR) is 92.4 cm³/mol. The number of nitrogens with one attached hydrogen (secondary N) is 1. The van der Waals surface area contributed by atoms with Gasteiger partial charge in [0.15, 0.2) is 0 Å². The van der Waals surface area contributed by atoms with Crippen LogP contribution in [0.25, 0.3) is 11.0 Å². The topological polar surface area (TPSA) is 110 Å². The minimum atomic E-state index is -3.80. The van der Waals surface area contributed by atoms with Crippen LogP contribution in [0, 0.1) is 5.92 Å². The minimum absolute atomic E-state index is 0.0294. The van der Waals surface area contributed by atoms with Crippen molar-refractivity contribution in [3.8, 4) is 0 Å². The number of aryl methyl sites for hydroxylation is 1. The Labute approximate surface area is 148 Å². The highest BCUT2D eigenvalue weighted by atomic mass is 32.2. The van der Waals surface area contributed by atoms with Gasteiger partial charge in [0, 0.05) is 18.8 Å². The molecule has 3 aromatic rings. The molecule has 132 valence electrons. The highest BCUT2D eigenvalue weighted by molar-refractivity contribution is 7.89. The Bertz CT molecular complexity index is 1010. The van der Waals surface area contributed by atoms with E-state index in [0.717, 1.165) is 17.3 Å². The SMILES string of the molecule is Cn1cc([C@@H](NS(=O)(=O)c2cccc3nsnc23)C2CC(O)C2)cn1. The monoisotopic (exact) mass is 379 g/mol. The van der Waals surface area contributed by atoms with Crippen molar-refractivity contribution in [2.75, 3.05) is 0 Å². The Kier molecular flexibility index (Phi) is 4.07. The molecule has 1 saturated carbocycles. The van der Waals surface area contributed by atoms with E-state index < -0.39 is 16.1 Å². The lowest BCUT2D eigenvalue weighted by molar-refractivity contribution is 0.0280. The standard InChI is InChI=1S/C15H17N5O3S2/c1-20-8-10(7-16-20)14(9-5-11(21)6-9)19-25(22,23)13-4-2-3-12-15(13)18-24-17-12/h2-4,7-9,11,14,19,21H,5-6H2,1H3/t9?,11?,14-/m0/s1. The van der Waals surface area contributed by atoms with E-state index in [1.807, 2.05) is 0 Å². The molecule has 2 heterocycles. The van der Waals surface area contributed by atoms with Gasteiger partial charge in [0.1, 0.15) is 15.9 Å². The van der Waals surface area contributed by atoms with Gasteiger partial charge in [-0.05, 0) is 30.9 Å². The fourth-order valence-corrected chi connectivity index (χ4v) is 5.23. The molecule has 1 aliphatic carbocycles. The van der Waals surface area contributed by atoms with Crippen LogP contribution in [0.5, 0.6) is 0 Å². The molecule has 0 aliphatic heterocycles. The number of aliphatic hydroxyl groups is 1. The first-order valence-corrected chi connectivity index (χ1v) is 10.1. The summed E-state index contributed by atoms with van der Waals surface area (Å²) < 4.78 is 38.6. The summed E-state index contributed by atoms with van der Waals surface area (Å²) in [6, 6.07) is 4.48. The van der Waals surface area contributed by atoms with Gasteiger partial charge in [0.2, 0.25) is 10.0 Å². The zero-order valence-electron chi connectivity index (χ0n) is 13.4. The lowest BCUT2D eigenvalue weighted by atomic mass is 9.76. The Morgan fingerprint density at radius 2 is 2.16 bits per heavy atom. The fraction of sp³-hybridized carbons (Fsp3) is 0.400. The molecular formula is C15H17N5O3S2. The van der Waals surface area contributed by atoms with Crippen LogP contribution >= 0.6 is 11.7 Å². The lowest BCUT2D eigenvalue weighted by Gasteiger charge is -2.37. The molecule has 0 spiro atoms. The number of aliphatic hydroxyl groups excluding tert-OH is 1. The maximum atomic E-state index is 13.0. The number of fused-ring (bicyclic) bond motifs is 1. The highest BCUT2D eigenvalue weighted by Crippen LogP contribution is 2.39.